The molecule has 2 N–H and O–H groups in total. The van der Waals surface area contributed by atoms with Crippen molar-refractivity contribution >= 4 is 5.91 Å². The number of nitrogens with one attached hydrogen (secondary N) is 2. The number of amides is 1. The minimum Gasteiger partial charge on any atom is -0.354 e. The van der Waals surface area contributed by atoms with E-state index < -0.39 is 0 Å². The first kappa shape index (κ1) is 15.8. The van der Waals surface area contributed by atoms with Crippen LogP contribution in [0.3, 0.4) is 0 Å². The third kappa shape index (κ3) is 4.19. The van der Waals surface area contributed by atoms with Crippen molar-refractivity contribution in [2.24, 2.45) is 17.8 Å². The zero-order valence-electron chi connectivity index (χ0n) is 13.3. The average Bonchev–Trinajstić information content (AvgIpc) is 2.94. The molecule has 2 unspecified atom stereocenters. The molecule has 0 bridgehead atoms. The molecule has 0 radical (unpaired) electrons. The van der Waals surface area contributed by atoms with Crippen molar-refractivity contribution in [2.75, 3.05) is 32.7 Å². The van der Waals surface area contributed by atoms with Crippen LogP contribution in [-0.2, 0) is 4.79 Å². The highest BCUT2D eigenvalue weighted by Gasteiger charge is 2.27. The fraction of sp³-hybridized carbons (Fsp3) is 0.938. The summed E-state index contributed by atoms with van der Waals surface area (Å²) in [4.78, 5) is 14.7. The van der Waals surface area contributed by atoms with Crippen molar-refractivity contribution in [1.82, 2.24) is 15.5 Å². The smallest absolute Gasteiger partial charge is 0.224 e. The van der Waals surface area contributed by atoms with Crippen LogP contribution in [0.1, 0.15) is 40.0 Å². The summed E-state index contributed by atoms with van der Waals surface area (Å²) in [6.45, 7) is 11.9. The summed E-state index contributed by atoms with van der Waals surface area (Å²) in [6.07, 6.45) is 3.58. The number of likely N-dealkylation sites (tertiary alicyclic amines) is 1. The number of piperidine rings is 1. The topological polar surface area (TPSA) is 44.4 Å². The van der Waals surface area contributed by atoms with Gasteiger partial charge in [0.05, 0.1) is 5.92 Å². The first-order valence-corrected chi connectivity index (χ1v) is 8.30. The van der Waals surface area contributed by atoms with Gasteiger partial charge in [-0.05, 0) is 50.7 Å². The molecule has 2 aliphatic heterocycles. The fourth-order valence-electron chi connectivity index (χ4n) is 3.37. The molecule has 0 spiro atoms. The van der Waals surface area contributed by atoms with E-state index in [2.05, 4.69) is 36.3 Å². The Labute approximate surface area is 123 Å². The van der Waals surface area contributed by atoms with E-state index in [0.717, 1.165) is 32.0 Å². The van der Waals surface area contributed by atoms with Gasteiger partial charge in [-0.2, -0.15) is 0 Å². The molecule has 2 fully saturated rings. The zero-order chi connectivity index (χ0) is 14.5. The second-order valence-corrected chi connectivity index (χ2v) is 6.96. The Morgan fingerprint density at radius 1 is 1.30 bits per heavy atom. The Bertz CT molecular complexity index is 305. The lowest BCUT2D eigenvalue weighted by molar-refractivity contribution is -0.124. The molecular formula is C16H31N3O. The molecule has 0 aromatic rings. The third-order valence-corrected chi connectivity index (χ3v) is 4.97. The van der Waals surface area contributed by atoms with Crippen LogP contribution in [0.5, 0.6) is 0 Å². The summed E-state index contributed by atoms with van der Waals surface area (Å²) in [5.41, 5.74) is 0. The van der Waals surface area contributed by atoms with Crippen molar-refractivity contribution in [1.29, 1.82) is 0 Å². The number of carbonyl (C=O) groups is 1. The first-order chi connectivity index (χ1) is 9.58. The van der Waals surface area contributed by atoms with Gasteiger partial charge < -0.3 is 10.6 Å². The Morgan fingerprint density at radius 3 is 2.55 bits per heavy atom. The fourth-order valence-corrected chi connectivity index (χ4v) is 3.37. The molecule has 2 atom stereocenters. The van der Waals surface area contributed by atoms with Crippen molar-refractivity contribution < 1.29 is 4.79 Å². The van der Waals surface area contributed by atoms with Crippen LogP contribution >= 0.6 is 0 Å². The minimum absolute atomic E-state index is 0.184. The molecule has 0 aromatic heterocycles. The van der Waals surface area contributed by atoms with E-state index in [1.165, 1.54) is 25.9 Å². The second-order valence-electron chi connectivity index (χ2n) is 6.96. The number of carbonyl (C=O) groups excluding carboxylic acids is 1. The molecule has 2 aliphatic rings. The van der Waals surface area contributed by atoms with E-state index in [4.69, 9.17) is 0 Å². The highest BCUT2D eigenvalue weighted by atomic mass is 16.1. The maximum atomic E-state index is 12.1. The number of nitrogens with zero attached hydrogens (tertiary/aromatic N) is 1. The highest BCUT2D eigenvalue weighted by Crippen LogP contribution is 2.21. The summed E-state index contributed by atoms with van der Waals surface area (Å²) in [5, 5.41) is 6.45. The van der Waals surface area contributed by atoms with E-state index in [0.29, 0.717) is 12.0 Å². The summed E-state index contributed by atoms with van der Waals surface area (Å²) in [5.74, 6) is 1.87. The van der Waals surface area contributed by atoms with Crippen LogP contribution in [0, 0.1) is 17.8 Å². The lowest BCUT2D eigenvalue weighted by atomic mass is 9.94. The van der Waals surface area contributed by atoms with E-state index >= 15 is 0 Å². The number of rotatable bonds is 5. The molecule has 116 valence electrons. The van der Waals surface area contributed by atoms with Crippen molar-refractivity contribution in [3.63, 3.8) is 0 Å². The summed E-state index contributed by atoms with van der Waals surface area (Å²) < 4.78 is 0. The summed E-state index contributed by atoms with van der Waals surface area (Å²) >= 11 is 0. The Hall–Kier alpha value is -0.610. The maximum absolute atomic E-state index is 12.1. The van der Waals surface area contributed by atoms with Crippen LogP contribution in [0.25, 0.3) is 0 Å². The molecule has 4 heteroatoms. The summed E-state index contributed by atoms with van der Waals surface area (Å²) in [6, 6.07) is 0.487. The molecule has 2 heterocycles. The molecule has 1 amide bonds. The first-order valence-electron chi connectivity index (χ1n) is 8.30. The van der Waals surface area contributed by atoms with Crippen LogP contribution in [0.15, 0.2) is 0 Å². The maximum Gasteiger partial charge on any atom is 0.224 e. The van der Waals surface area contributed by atoms with E-state index in [1.807, 2.05) is 0 Å². The molecule has 2 rings (SSSR count). The second kappa shape index (κ2) is 7.41. The van der Waals surface area contributed by atoms with Crippen LogP contribution < -0.4 is 10.6 Å². The molecule has 20 heavy (non-hydrogen) atoms. The molecule has 4 nitrogen and oxygen atoms in total. The number of hydrogen-bond donors (Lipinski definition) is 2. The van der Waals surface area contributed by atoms with Crippen molar-refractivity contribution in [3.8, 4) is 0 Å². The van der Waals surface area contributed by atoms with Gasteiger partial charge in [-0.3, -0.25) is 9.69 Å². The Morgan fingerprint density at radius 2 is 2.00 bits per heavy atom. The van der Waals surface area contributed by atoms with Crippen LogP contribution in [0.2, 0.25) is 0 Å². The van der Waals surface area contributed by atoms with Gasteiger partial charge >= 0.3 is 0 Å². The van der Waals surface area contributed by atoms with Gasteiger partial charge in [0.1, 0.15) is 0 Å². The standard InChI is InChI=1S/C16H31N3O/c1-12(2)15(19-8-5-13(3)6-9-19)11-18-16(20)14-4-7-17-10-14/h12-15,17H,4-11H2,1-3H3,(H,18,20). The molecule has 0 aliphatic carbocycles. The lowest BCUT2D eigenvalue weighted by Crippen LogP contribution is -2.50. The van der Waals surface area contributed by atoms with E-state index in [-0.39, 0.29) is 11.8 Å². The molecule has 0 aromatic carbocycles. The van der Waals surface area contributed by atoms with Crippen molar-refractivity contribution in [2.45, 2.75) is 46.1 Å². The van der Waals surface area contributed by atoms with Crippen molar-refractivity contribution in [3.05, 3.63) is 0 Å². The zero-order valence-corrected chi connectivity index (χ0v) is 13.3. The highest BCUT2D eigenvalue weighted by molar-refractivity contribution is 5.79. The monoisotopic (exact) mass is 281 g/mol. The normalized spacial score (nSPS) is 26.9. The quantitative estimate of drug-likeness (QED) is 0.802. The van der Waals surface area contributed by atoms with Gasteiger partial charge in [-0.25, -0.2) is 0 Å². The van der Waals surface area contributed by atoms with E-state index in [1.54, 1.807) is 0 Å². The van der Waals surface area contributed by atoms with Gasteiger partial charge in [-0.15, -0.1) is 0 Å². The Balaban J connectivity index is 1.81. The lowest BCUT2D eigenvalue weighted by Gasteiger charge is -2.39. The SMILES string of the molecule is CC1CCN(C(CNC(=O)C2CCNC2)C(C)C)CC1. The third-order valence-electron chi connectivity index (χ3n) is 4.97. The van der Waals surface area contributed by atoms with Gasteiger partial charge in [0, 0.05) is 19.1 Å². The van der Waals surface area contributed by atoms with Crippen LogP contribution in [-0.4, -0.2) is 49.6 Å². The Kier molecular flexibility index (Phi) is 5.85. The summed E-state index contributed by atoms with van der Waals surface area (Å²) in [7, 11) is 0. The molecular weight excluding hydrogens is 250 g/mol. The average molecular weight is 281 g/mol. The minimum atomic E-state index is 0.184. The van der Waals surface area contributed by atoms with Gasteiger partial charge in [-0.1, -0.05) is 20.8 Å². The van der Waals surface area contributed by atoms with E-state index in [9.17, 15) is 4.79 Å². The molecule has 0 saturated carbocycles. The van der Waals surface area contributed by atoms with Gasteiger partial charge in [0.2, 0.25) is 5.91 Å². The molecule has 2 saturated heterocycles. The van der Waals surface area contributed by atoms with Gasteiger partial charge in [0.15, 0.2) is 0 Å². The van der Waals surface area contributed by atoms with Gasteiger partial charge in [0.25, 0.3) is 0 Å². The largest absolute Gasteiger partial charge is 0.354 e. The number of hydrogen-bond acceptors (Lipinski definition) is 3. The predicted octanol–water partition coefficient (Wildman–Crippen LogP) is 1.47. The van der Waals surface area contributed by atoms with Crippen LogP contribution in [0.4, 0.5) is 0 Å². The predicted molar refractivity (Wildman–Crippen MR) is 82.6 cm³/mol.